The molecule has 0 heterocycles. The van der Waals surface area contributed by atoms with Crippen LogP contribution in [0.4, 0.5) is 0 Å². The number of hydrogen-bond acceptors (Lipinski definition) is 1. The summed E-state index contributed by atoms with van der Waals surface area (Å²) < 4.78 is 0. The smallest absolute Gasteiger partial charge is 0.0823 e. The van der Waals surface area contributed by atoms with Gasteiger partial charge >= 0.3 is 0 Å². The summed E-state index contributed by atoms with van der Waals surface area (Å²) in [5.41, 5.74) is 2.78. The fourth-order valence-electron chi connectivity index (χ4n) is 2.50. The molecule has 0 bridgehead atoms. The number of aliphatic hydroxyl groups excluding tert-OH is 1. The van der Waals surface area contributed by atoms with E-state index in [1.807, 2.05) is 0 Å². The minimum absolute atomic E-state index is 0.271. The van der Waals surface area contributed by atoms with E-state index in [1.54, 1.807) is 0 Å². The second-order valence-corrected chi connectivity index (χ2v) is 5.74. The van der Waals surface area contributed by atoms with Crippen LogP contribution in [0.2, 0.25) is 0 Å². The summed E-state index contributed by atoms with van der Waals surface area (Å²) in [6, 6.07) is 8.44. The van der Waals surface area contributed by atoms with Gasteiger partial charge in [0.1, 0.15) is 0 Å². The topological polar surface area (TPSA) is 20.2 Å². The van der Waals surface area contributed by atoms with Crippen LogP contribution in [0, 0.1) is 11.3 Å². The molecule has 0 spiro atoms. The van der Waals surface area contributed by atoms with E-state index < -0.39 is 0 Å². The van der Waals surface area contributed by atoms with Gasteiger partial charge in [0.15, 0.2) is 0 Å². The molecule has 2 unspecified atom stereocenters. The molecule has 0 radical (unpaired) electrons. The van der Waals surface area contributed by atoms with Gasteiger partial charge in [0, 0.05) is 0 Å². The van der Waals surface area contributed by atoms with Crippen LogP contribution in [-0.2, 0) is 6.42 Å². The summed E-state index contributed by atoms with van der Waals surface area (Å²) in [4.78, 5) is 0. The summed E-state index contributed by atoms with van der Waals surface area (Å²) in [7, 11) is 0. The van der Waals surface area contributed by atoms with Crippen molar-refractivity contribution in [2.24, 2.45) is 11.3 Å². The van der Waals surface area contributed by atoms with E-state index in [1.165, 1.54) is 5.56 Å². The molecule has 88 valence electrons. The first-order chi connectivity index (χ1) is 7.54. The zero-order valence-corrected chi connectivity index (χ0v) is 10.5. The Kier molecular flexibility index (Phi) is 3.07. The molecule has 2 rings (SSSR count). The van der Waals surface area contributed by atoms with Crippen LogP contribution in [0.3, 0.4) is 0 Å². The average molecular weight is 218 g/mol. The maximum atomic E-state index is 10.3. The number of aliphatic hydroxyl groups is 1. The predicted molar refractivity (Wildman–Crippen MR) is 67.3 cm³/mol. The monoisotopic (exact) mass is 218 g/mol. The third kappa shape index (κ3) is 2.30. The highest BCUT2D eigenvalue weighted by molar-refractivity contribution is 5.27. The SMILES string of the molecule is CCCc1cccc(C(O)C2CC2(C)C)c1. The van der Waals surface area contributed by atoms with Crippen molar-refractivity contribution in [1.82, 2.24) is 0 Å². The Morgan fingerprint density at radius 1 is 1.44 bits per heavy atom. The fraction of sp³-hybridized carbons (Fsp3) is 0.600. The van der Waals surface area contributed by atoms with Crippen LogP contribution in [-0.4, -0.2) is 5.11 Å². The summed E-state index contributed by atoms with van der Waals surface area (Å²) in [5, 5.41) is 10.3. The van der Waals surface area contributed by atoms with Crippen molar-refractivity contribution in [2.75, 3.05) is 0 Å². The number of rotatable bonds is 4. The van der Waals surface area contributed by atoms with E-state index in [9.17, 15) is 5.11 Å². The van der Waals surface area contributed by atoms with E-state index in [4.69, 9.17) is 0 Å². The van der Waals surface area contributed by atoms with Crippen molar-refractivity contribution in [3.8, 4) is 0 Å². The van der Waals surface area contributed by atoms with Crippen LogP contribution in [0.15, 0.2) is 24.3 Å². The normalized spacial score (nSPS) is 24.1. The Morgan fingerprint density at radius 3 is 2.69 bits per heavy atom. The number of benzene rings is 1. The zero-order valence-electron chi connectivity index (χ0n) is 10.5. The van der Waals surface area contributed by atoms with E-state index >= 15 is 0 Å². The minimum atomic E-state index is -0.271. The average Bonchev–Trinajstić information content (AvgIpc) is 2.88. The molecule has 1 aliphatic rings. The first-order valence-corrected chi connectivity index (χ1v) is 6.31. The minimum Gasteiger partial charge on any atom is -0.388 e. The van der Waals surface area contributed by atoms with E-state index in [0.29, 0.717) is 11.3 Å². The number of aryl methyl sites for hydroxylation is 1. The van der Waals surface area contributed by atoms with Crippen molar-refractivity contribution < 1.29 is 5.11 Å². The van der Waals surface area contributed by atoms with Crippen LogP contribution >= 0.6 is 0 Å². The van der Waals surface area contributed by atoms with Crippen LogP contribution in [0.5, 0.6) is 0 Å². The van der Waals surface area contributed by atoms with Crippen LogP contribution in [0.1, 0.15) is 50.8 Å². The largest absolute Gasteiger partial charge is 0.388 e. The van der Waals surface area contributed by atoms with E-state index in [-0.39, 0.29) is 6.10 Å². The first-order valence-electron chi connectivity index (χ1n) is 6.31. The van der Waals surface area contributed by atoms with Crippen LogP contribution < -0.4 is 0 Å². The molecular weight excluding hydrogens is 196 g/mol. The van der Waals surface area contributed by atoms with Gasteiger partial charge in [0.25, 0.3) is 0 Å². The summed E-state index contributed by atoms with van der Waals surface area (Å²) >= 11 is 0. The van der Waals surface area contributed by atoms with E-state index in [2.05, 4.69) is 45.0 Å². The van der Waals surface area contributed by atoms with Gasteiger partial charge in [0.2, 0.25) is 0 Å². The van der Waals surface area contributed by atoms with Gasteiger partial charge < -0.3 is 5.11 Å². The standard InChI is InChI=1S/C15H22O/c1-4-6-11-7-5-8-12(9-11)14(16)13-10-15(13,2)3/h5,7-9,13-14,16H,4,6,10H2,1-3H3. The molecule has 0 amide bonds. The molecular formula is C15H22O. The Labute approximate surface area is 98.5 Å². The Morgan fingerprint density at radius 2 is 2.12 bits per heavy atom. The van der Waals surface area contributed by atoms with Crippen molar-refractivity contribution in [2.45, 2.75) is 46.1 Å². The molecule has 1 aromatic carbocycles. The summed E-state index contributed by atoms with van der Waals surface area (Å²) in [6.07, 6.45) is 3.14. The van der Waals surface area contributed by atoms with Gasteiger partial charge in [-0.1, -0.05) is 51.5 Å². The van der Waals surface area contributed by atoms with Gasteiger partial charge in [-0.05, 0) is 35.3 Å². The Balaban J connectivity index is 2.11. The second kappa shape index (κ2) is 4.21. The summed E-state index contributed by atoms with van der Waals surface area (Å²) in [5.74, 6) is 0.448. The zero-order chi connectivity index (χ0) is 11.8. The molecule has 0 aliphatic heterocycles. The van der Waals surface area contributed by atoms with Gasteiger partial charge in [-0.2, -0.15) is 0 Å². The molecule has 0 saturated heterocycles. The molecule has 1 aromatic rings. The molecule has 2 atom stereocenters. The molecule has 1 fully saturated rings. The van der Waals surface area contributed by atoms with Gasteiger partial charge in [0.05, 0.1) is 6.10 Å². The quantitative estimate of drug-likeness (QED) is 0.816. The van der Waals surface area contributed by atoms with Gasteiger partial charge in [-0.3, -0.25) is 0 Å². The highest BCUT2D eigenvalue weighted by Gasteiger charge is 2.50. The third-order valence-corrected chi connectivity index (χ3v) is 3.80. The van der Waals surface area contributed by atoms with E-state index in [0.717, 1.165) is 24.8 Å². The Bertz CT molecular complexity index is 367. The van der Waals surface area contributed by atoms with Crippen molar-refractivity contribution in [3.05, 3.63) is 35.4 Å². The highest BCUT2D eigenvalue weighted by Crippen LogP contribution is 2.57. The number of hydrogen-bond donors (Lipinski definition) is 1. The summed E-state index contributed by atoms with van der Waals surface area (Å²) in [6.45, 7) is 6.65. The molecule has 1 heteroatoms. The highest BCUT2D eigenvalue weighted by atomic mass is 16.3. The van der Waals surface area contributed by atoms with Crippen molar-refractivity contribution in [3.63, 3.8) is 0 Å². The Hall–Kier alpha value is -0.820. The van der Waals surface area contributed by atoms with Gasteiger partial charge in [-0.25, -0.2) is 0 Å². The third-order valence-electron chi connectivity index (χ3n) is 3.80. The molecule has 1 aliphatic carbocycles. The molecule has 0 aromatic heterocycles. The lowest BCUT2D eigenvalue weighted by Crippen LogP contribution is -2.05. The van der Waals surface area contributed by atoms with Crippen LogP contribution in [0.25, 0.3) is 0 Å². The lowest BCUT2D eigenvalue weighted by Gasteiger charge is -2.14. The van der Waals surface area contributed by atoms with Crippen molar-refractivity contribution in [1.29, 1.82) is 0 Å². The lowest BCUT2D eigenvalue weighted by molar-refractivity contribution is 0.138. The predicted octanol–water partition coefficient (Wildman–Crippen LogP) is 3.72. The maximum absolute atomic E-state index is 10.3. The van der Waals surface area contributed by atoms with Crippen molar-refractivity contribution >= 4 is 0 Å². The molecule has 16 heavy (non-hydrogen) atoms. The first kappa shape index (κ1) is 11.7. The maximum Gasteiger partial charge on any atom is 0.0823 e. The molecule has 1 N–H and O–H groups in total. The molecule has 1 saturated carbocycles. The molecule has 1 nitrogen and oxygen atoms in total. The van der Waals surface area contributed by atoms with Gasteiger partial charge in [-0.15, -0.1) is 0 Å². The second-order valence-electron chi connectivity index (χ2n) is 5.74. The lowest BCUT2D eigenvalue weighted by atomic mass is 9.97. The fourth-order valence-corrected chi connectivity index (χ4v) is 2.50.